The van der Waals surface area contributed by atoms with E-state index in [2.05, 4.69) is 27.1 Å². The fraction of sp³-hybridized carbons (Fsp3) is 0.0500. The summed E-state index contributed by atoms with van der Waals surface area (Å²) in [5.41, 5.74) is 3.44. The molecule has 2 N–H and O–H groups in total. The Morgan fingerprint density at radius 1 is 0.960 bits per heavy atom. The van der Waals surface area contributed by atoms with E-state index in [-0.39, 0.29) is 12.5 Å². The van der Waals surface area contributed by atoms with Crippen molar-refractivity contribution in [3.8, 4) is 11.8 Å². The summed E-state index contributed by atoms with van der Waals surface area (Å²) in [7, 11) is 0. The zero-order valence-electron chi connectivity index (χ0n) is 13.3. The second kappa shape index (κ2) is 7.86. The number of aliphatic hydroxyl groups is 1. The lowest BCUT2D eigenvalue weighted by molar-refractivity contribution is 0.102. The molecule has 25 heavy (non-hydrogen) atoms. The molecule has 5 heteroatoms. The topological polar surface area (TPSA) is 75.1 Å². The summed E-state index contributed by atoms with van der Waals surface area (Å²) in [6.45, 7) is -0.110. The Labute approximate surface area is 145 Å². The SMILES string of the molecule is O=C(Nc1ccc(C#Cc2ccnc(CO)c2)cc1)c1ccncc1. The lowest BCUT2D eigenvalue weighted by atomic mass is 10.1. The van der Waals surface area contributed by atoms with Gasteiger partial charge in [-0.2, -0.15) is 0 Å². The molecule has 0 aliphatic carbocycles. The fourth-order valence-electron chi connectivity index (χ4n) is 2.13. The Bertz CT molecular complexity index is 926. The van der Waals surface area contributed by atoms with Gasteiger partial charge in [0.2, 0.25) is 0 Å². The first-order valence-electron chi connectivity index (χ1n) is 7.64. The van der Waals surface area contributed by atoms with E-state index < -0.39 is 0 Å². The maximum Gasteiger partial charge on any atom is 0.255 e. The molecule has 2 heterocycles. The molecule has 0 saturated heterocycles. The van der Waals surface area contributed by atoms with Crippen molar-refractivity contribution >= 4 is 11.6 Å². The molecule has 2 aromatic heterocycles. The van der Waals surface area contributed by atoms with Crippen molar-refractivity contribution in [3.63, 3.8) is 0 Å². The molecule has 5 nitrogen and oxygen atoms in total. The molecule has 1 amide bonds. The number of benzene rings is 1. The summed E-state index contributed by atoms with van der Waals surface area (Å²) in [4.78, 5) is 20.0. The lowest BCUT2D eigenvalue weighted by Gasteiger charge is -2.04. The van der Waals surface area contributed by atoms with Gasteiger partial charge in [0.15, 0.2) is 0 Å². The van der Waals surface area contributed by atoms with Crippen LogP contribution in [-0.2, 0) is 6.61 Å². The number of rotatable bonds is 3. The smallest absolute Gasteiger partial charge is 0.255 e. The van der Waals surface area contributed by atoms with Crippen molar-refractivity contribution in [1.29, 1.82) is 0 Å². The van der Waals surface area contributed by atoms with Gasteiger partial charge in [-0.15, -0.1) is 0 Å². The zero-order chi connectivity index (χ0) is 17.5. The maximum absolute atomic E-state index is 12.1. The highest BCUT2D eigenvalue weighted by Gasteiger charge is 2.04. The van der Waals surface area contributed by atoms with Crippen LogP contribution in [0.25, 0.3) is 0 Å². The average Bonchev–Trinajstić information content (AvgIpc) is 2.68. The highest BCUT2D eigenvalue weighted by atomic mass is 16.3. The van der Waals surface area contributed by atoms with Gasteiger partial charge in [-0.1, -0.05) is 11.8 Å². The number of aromatic nitrogens is 2. The minimum atomic E-state index is -0.186. The Morgan fingerprint density at radius 3 is 2.40 bits per heavy atom. The molecule has 0 aliphatic heterocycles. The molecule has 0 bridgehead atoms. The predicted molar refractivity (Wildman–Crippen MR) is 94.8 cm³/mol. The summed E-state index contributed by atoms with van der Waals surface area (Å²) >= 11 is 0. The molecule has 0 unspecified atom stereocenters. The monoisotopic (exact) mass is 329 g/mol. The van der Waals surface area contributed by atoms with Crippen molar-refractivity contribution in [1.82, 2.24) is 9.97 Å². The molecule has 122 valence electrons. The third-order valence-corrected chi connectivity index (χ3v) is 3.42. The summed E-state index contributed by atoms with van der Waals surface area (Å²) in [6, 6.07) is 14.1. The number of carbonyl (C=O) groups is 1. The Balaban J connectivity index is 1.68. The zero-order valence-corrected chi connectivity index (χ0v) is 13.3. The van der Waals surface area contributed by atoms with Crippen molar-refractivity contribution in [2.45, 2.75) is 6.61 Å². The molecule has 0 fully saturated rings. The van der Waals surface area contributed by atoms with Gasteiger partial charge in [0.25, 0.3) is 5.91 Å². The van der Waals surface area contributed by atoms with Gasteiger partial charge in [0.1, 0.15) is 0 Å². The second-order valence-corrected chi connectivity index (χ2v) is 5.21. The van der Waals surface area contributed by atoms with Crippen LogP contribution in [-0.4, -0.2) is 21.0 Å². The number of aliphatic hydroxyl groups excluding tert-OH is 1. The van der Waals surface area contributed by atoms with Crippen LogP contribution in [0.3, 0.4) is 0 Å². The molecule has 0 spiro atoms. The number of hydrogen-bond acceptors (Lipinski definition) is 4. The number of carbonyl (C=O) groups excluding carboxylic acids is 1. The summed E-state index contributed by atoms with van der Waals surface area (Å²) in [5.74, 6) is 5.88. The van der Waals surface area contributed by atoms with Crippen molar-refractivity contribution in [3.05, 3.63) is 89.5 Å². The standard InChI is InChI=1S/C20H15N3O2/c24-14-19-13-16(7-12-22-19)2-1-15-3-5-18(6-4-15)23-20(25)17-8-10-21-11-9-17/h3-13,24H,14H2,(H,23,25). The van der Waals surface area contributed by atoms with Crippen LogP contribution in [0.5, 0.6) is 0 Å². The van der Waals surface area contributed by atoms with Crippen LogP contribution in [0, 0.1) is 11.8 Å². The van der Waals surface area contributed by atoms with Gasteiger partial charge < -0.3 is 10.4 Å². The highest BCUT2D eigenvalue weighted by Crippen LogP contribution is 2.11. The number of amides is 1. The fourth-order valence-corrected chi connectivity index (χ4v) is 2.13. The van der Waals surface area contributed by atoms with Gasteiger partial charge in [-0.05, 0) is 48.5 Å². The van der Waals surface area contributed by atoms with Gasteiger partial charge in [-0.3, -0.25) is 14.8 Å². The molecule has 0 saturated carbocycles. The first-order chi connectivity index (χ1) is 12.2. The van der Waals surface area contributed by atoms with Crippen LogP contribution >= 0.6 is 0 Å². The van der Waals surface area contributed by atoms with Crippen LogP contribution in [0.15, 0.2) is 67.1 Å². The molecule has 0 radical (unpaired) electrons. The molecular formula is C20H15N3O2. The second-order valence-electron chi connectivity index (χ2n) is 5.21. The first kappa shape index (κ1) is 16.4. The summed E-state index contributed by atoms with van der Waals surface area (Å²) in [5, 5.41) is 11.9. The van der Waals surface area contributed by atoms with E-state index in [9.17, 15) is 4.79 Å². The summed E-state index contributed by atoms with van der Waals surface area (Å²) < 4.78 is 0. The average molecular weight is 329 g/mol. The van der Waals surface area contributed by atoms with E-state index in [1.807, 2.05) is 12.1 Å². The van der Waals surface area contributed by atoms with Crippen molar-refractivity contribution in [2.75, 3.05) is 5.32 Å². The Kier molecular flexibility index (Phi) is 5.15. The quantitative estimate of drug-likeness (QED) is 0.724. The molecule has 3 rings (SSSR count). The summed E-state index contributed by atoms with van der Waals surface area (Å²) in [6.07, 6.45) is 4.77. The number of anilines is 1. The Morgan fingerprint density at radius 2 is 1.68 bits per heavy atom. The van der Waals surface area contributed by atoms with Gasteiger partial charge >= 0.3 is 0 Å². The van der Waals surface area contributed by atoms with E-state index in [0.717, 1.165) is 11.1 Å². The van der Waals surface area contributed by atoms with E-state index >= 15 is 0 Å². The van der Waals surface area contributed by atoms with Crippen LogP contribution in [0.4, 0.5) is 5.69 Å². The molecule has 3 aromatic rings. The van der Waals surface area contributed by atoms with E-state index in [0.29, 0.717) is 16.9 Å². The van der Waals surface area contributed by atoms with E-state index in [4.69, 9.17) is 5.11 Å². The maximum atomic E-state index is 12.1. The molecule has 0 atom stereocenters. The molecular weight excluding hydrogens is 314 g/mol. The van der Waals surface area contributed by atoms with E-state index in [1.165, 1.54) is 0 Å². The third kappa shape index (κ3) is 4.50. The largest absolute Gasteiger partial charge is 0.390 e. The minimum Gasteiger partial charge on any atom is -0.390 e. The lowest BCUT2D eigenvalue weighted by Crippen LogP contribution is -2.11. The number of hydrogen-bond donors (Lipinski definition) is 2. The van der Waals surface area contributed by atoms with Crippen molar-refractivity contribution in [2.24, 2.45) is 0 Å². The number of nitrogens with one attached hydrogen (secondary N) is 1. The van der Waals surface area contributed by atoms with Gasteiger partial charge in [0, 0.05) is 41.0 Å². The van der Waals surface area contributed by atoms with Gasteiger partial charge in [0.05, 0.1) is 12.3 Å². The molecule has 0 aliphatic rings. The van der Waals surface area contributed by atoms with Crippen LogP contribution in [0.1, 0.15) is 27.2 Å². The number of pyridine rings is 2. The normalized spacial score (nSPS) is 9.80. The van der Waals surface area contributed by atoms with Crippen molar-refractivity contribution < 1.29 is 9.90 Å². The minimum absolute atomic E-state index is 0.110. The van der Waals surface area contributed by atoms with Crippen LogP contribution < -0.4 is 5.32 Å². The third-order valence-electron chi connectivity index (χ3n) is 3.42. The predicted octanol–water partition coefficient (Wildman–Crippen LogP) is 2.62. The first-order valence-corrected chi connectivity index (χ1v) is 7.64. The Hall–Kier alpha value is -3.49. The van der Waals surface area contributed by atoms with Gasteiger partial charge in [-0.25, -0.2) is 0 Å². The highest BCUT2D eigenvalue weighted by molar-refractivity contribution is 6.04. The number of nitrogens with zero attached hydrogens (tertiary/aromatic N) is 2. The van der Waals surface area contributed by atoms with E-state index in [1.54, 1.807) is 55.0 Å². The van der Waals surface area contributed by atoms with Crippen LogP contribution in [0.2, 0.25) is 0 Å². The molecule has 1 aromatic carbocycles.